The number of Topliss-reactive ketones (excluding diaryl/α,β-unsaturated/α-hetero) is 1. The summed E-state index contributed by atoms with van der Waals surface area (Å²) >= 11 is 0. The normalized spacial score (nSPS) is 24.3. The van der Waals surface area contributed by atoms with Gasteiger partial charge in [-0.15, -0.1) is 0 Å². The van der Waals surface area contributed by atoms with Gasteiger partial charge in [0.25, 0.3) is 0 Å². The second kappa shape index (κ2) is 8.41. The van der Waals surface area contributed by atoms with Gasteiger partial charge in [-0.3, -0.25) is 4.79 Å². The Hall–Kier alpha value is -2.60. The summed E-state index contributed by atoms with van der Waals surface area (Å²) < 4.78 is 16.6. The van der Waals surface area contributed by atoms with Crippen LogP contribution >= 0.6 is 0 Å². The lowest BCUT2D eigenvalue weighted by Crippen LogP contribution is -2.35. The molecule has 1 aromatic rings. The molecule has 6 nitrogen and oxygen atoms in total. The first-order chi connectivity index (χ1) is 14.1. The average Bonchev–Trinajstić information content (AvgIpc) is 3.25. The van der Waals surface area contributed by atoms with Crippen LogP contribution in [-0.4, -0.2) is 38.2 Å². The van der Waals surface area contributed by atoms with Gasteiger partial charge in [-0.2, -0.15) is 0 Å². The third kappa shape index (κ3) is 3.94. The first-order valence-electron chi connectivity index (χ1n) is 10.2. The highest BCUT2D eigenvalue weighted by molar-refractivity contribution is 6.03. The lowest BCUT2D eigenvalue weighted by Gasteiger charge is -2.34. The third-order valence-electron chi connectivity index (χ3n) is 5.85. The molecule has 2 atom stereocenters. The van der Waals surface area contributed by atoms with Crippen molar-refractivity contribution in [2.24, 2.45) is 0 Å². The molecule has 1 aromatic carbocycles. The molecule has 1 saturated heterocycles. The molecule has 1 aliphatic carbocycles. The highest BCUT2D eigenvalue weighted by Gasteiger charge is 2.39. The highest BCUT2D eigenvalue weighted by atomic mass is 16.6. The van der Waals surface area contributed by atoms with E-state index in [0.29, 0.717) is 29.9 Å². The minimum Gasteiger partial charge on any atom is -0.497 e. The summed E-state index contributed by atoms with van der Waals surface area (Å²) in [6, 6.07) is 7.57. The van der Waals surface area contributed by atoms with Crippen molar-refractivity contribution in [1.29, 1.82) is 0 Å². The van der Waals surface area contributed by atoms with Crippen molar-refractivity contribution in [2.75, 3.05) is 20.3 Å². The van der Waals surface area contributed by atoms with E-state index >= 15 is 0 Å². The van der Waals surface area contributed by atoms with Crippen LogP contribution < -0.4 is 10.1 Å². The molecule has 0 bridgehead atoms. The summed E-state index contributed by atoms with van der Waals surface area (Å²) in [5.41, 5.74) is 3.69. The molecule has 0 spiro atoms. The zero-order chi connectivity index (χ0) is 20.4. The number of nitrogens with one attached hydrogen (secondary N) is 1. The van der Waals surface area contributed by atoms with Crippen molar-refractivity contribution < 1.29 is 23.8 Å². The van der Waals surface area contributed by atoms with Crippen molar-refractivity contribution in [3.05, 3.63) is 52.4 Å². The number of rotatable bonds is 5. The van der Waals surface area contributed by atoms with Crippen molar-refractivity contribution in [3.8, 4) is 5.75 Å². The van der Waals surface area contributed by atoms with E-state index in [9.17, 15) is 9.59 Å². The van der Waals surface area contributed by atoms with Crippen LogP contribution in [-0.2, 0) is 19.1 Å². The summed E-state index contributed by atoms with van der Waals surface area (Å²) in [6.45, 7) is 2.82. The first kappa shape index (κ1) is 19.7. The van der Waals surface area contributed by atoms with Gasteiger partial charge in [0, 0.05) is 35.9 Å². The smallest absolute Gasteiger partial charge is 0.336 e. The molecule has 4 rings (SSSR count). The Morgan fingerprint density at radius 3 is 2.90 bits per heavy atom. The van der Waals surface area contributed by atoms with Gasteiger partial charge in [-0.25, -0.2) is 4.79 Å². The Morgan fingerprint density at radius 1 is 1.28 bits per heavy atom. The highest BCUT2D eigenvalue weighted by Crippen LogP contribution is 2.43. The molecule has 0 aromatic heterocycles. The van der Waals surface area contributed by atoms with Crippen molar-refractivity contribution in [3.63, 3.8) is 0 Å². The molecule has 0 amide bonds. The SMILES string of the molecule is COc1cccc([C@@H]2C(C(=O)OC[C@@H]3CCCO3)=C(C)NC3=C2C(=O)CCC3)c1. The van der Waals surface area contributed by atoms with Crippen LogP contribution in [0, 0.1) is 0 Å². The Labute approximate surface area is 170 Å². The Kier molecular flexibility index (Phi) is 5.72. The fraction of sp³-hybridized carbons (Fsp3) is 0.478. The maximum absolute atomic E-state index is 13.1. The van der Waals surface area contributed by atoms with E-state index in [1.165, 1.54) is 0 Å². The predicted octanol–water partition coefficient (Wildman–Crippen LogP) is 3.39. The number of esters is 1. The number of carbonyl (C=O) groups excluding carboxylic acids is 2. The summed E-state index contributed by atoms with van der Waals surface area (Å²) in [5.74, 6) is -0.0750. The second-order valence-electron chi connectivity index (χ2n) is 7.78. The van der Waals surface area contributed by atoms with E-state index in [1.54, 1.807) is 7.11 Å². The van der Waals surface area contributed by atoms with Gasteiger partial charge in [-0.1, -0.05) is 12.1 Å². The minimum absolute atomic E-state index is 0.0437. The third-order valence-corrected chi connectivity index (χ3v) is 5.85. The topological polar surface area (TPSA) is 73.9 Å². The number of dihydropyridines is 1. The van der Waals surface area contributed by atoms with Crippen LogP contribution in [0.15, 0.2) is 46.8 Å². The number of ketones is 1. The maximum atomic E-state index is 13.1. The van der Waals surface area contributed by atoms with Crippen molar-refractivity contribution in [2.45, 2.75) is 51.0 Å². The molecule has 3 aliphatic rings. The minimum atomic E-state index is -0.453. The number of methoxy groups -OCH3 is 1. The summed E-state index contributed by atoms with van der Waals surface area (Å²) in [7, 11) is 1.61. The molecule has 0 radical (unpaired) electrons. The lowest BCUT2D eigenvalue weighted by atomic mass is 9.75. The molecule has 154 valence electrons. The monoisotopic (exact) mass is 397 g/mol. The van der Waals surface area contributed by atoms with E-state index in [4.69, 9.17) is 14.2 Å². The van der Waals surface area contributed by atoms with Crippen LogP contribution in [0.4, 0.5) is 0 Å². The fourth-order valence-electron chi connectivity index (χ4n) is 4.43. The molecule has 6 heteroatoms. The molecule has 2 aliphatic heterocycles. The lowest BCUT2D eigenvalue weighted by molar-refractivity contribution is -0.142. The molecule has 0 saturated carbocycles. The van der Waals surface area contributed by atoms with Gasteiger partial charge >= 0.3 is 5.97 Å². The second-order valence-corrected chi connectivity index (χ2v) is 7.78. The molecule has 29 heavy (non-hydrogen) atoms. The molecule has 1 N–H and O–H groups in total. The molecular weight excluding hydrogens is 370 g/mol. The maximum Gasteiger partial charge on any atom is 0.336 e. The molecule has 0 unspecified atom stereocenters. The van der Waals surface area contributed by atoms with Crippen LogP contribution in [0.1, 0.15) is 50.5 Å². The number of allylic oxidation sites excluding steroid dienone is 3. The van der Waals surface area contributed by atoms with Gasteiger partial charge in [0.1, 0.15) is 12.4 Å². The Balaban J connectivity index is 1.70. The zero-order valence-corrected chi connectivity index (χ0v) is 17.0. The fourth-order valence-corrected chi connectivity index (χ4v) is 4.43. The summed E-state index contributed by atoms with van der Waals surface area (Å²) in [4.78, 5) is 26.0. The standard InChI is InChI=1S/C23H27NO5/c1-14-20(23(26)29-13-17-8-5-11-28-17)21(15-6-3-7-16(12-15)27-2)22-18(24-14)9-4-10-19(22)25/h3,6-7,12,17,21,24H,4-5,8-11,13H2,1-2H3/t17-,21+/m0/s1. The van der Waals surface area contributed by atoms with Crippen molar-refractivity contribution >= 4 is 11.8 Å². The van der Waals surface area contributed by atoms with Crippen molar-refractivity contribution in [1.82, 2.24) is 5.32 Å². The van der Waals surface area contributed by atoms with Crippen LogP contribution in [0.3, 0.4) is 0 Å². The number of carbonyl (C=O) groups is 2. The average molecular weight is 397 g/mol. The van der Waals surface area contributed by atoms with E-state index in [1.807, 2.05) is 31.2 Å². The zero-order valence-electron chi connectivity index (χ0n) is 17.0. The van der Waals surface area contributed by atoms with E-state index < -0.39 is 11.9 Å². The van der Waals surface area contributed by atoms with E-state index in [-0.39, 0.29) is 18.5 Å². The van der Waals surface area contributed by atoms with E-state index in [2.05, 4.69) is 5.32 Å². The summed E-state index contributed by atoms with van der Waals surface area (Å²) in [5, 5.41) is 3.31. The largest absolute Gasteiger partial charge is 0.497 e. The number of benzene rings is 1. The molecule has 1 fully saturated rings. The quantitative estimate of drug-likeness (QED) is 0.768. The predicted molar refractivity (Wildman–Crippen MR) is 107 cm³/mol. The van der Waals surface area contributed by atoms with Crippen LogP contribution in [0.25, 0.3) is 0 Å². The van der Waals surface area contributed by atoms with Gasteiger partial charge < -0.3 is 19.5 Å². The first-order valence-corrected chi connectivity index (χ1v) is 10.2. The van der Waals surface area contributed by atoms with E-state index in [0.717, 1.165) is 42.6 Å². The van der Waals surface area contributed by atoms with Crippen LogP contribution in [0.2, 0.25) is 0 Å². The molecule has 2 heterocycles. The number of hydrogen-bond donors (Lipinski definition) is 1. The Bertz CT molecular complexity index is 879. The van der Waals surface area contributed by atoms with Gasteiger partial charge in [0.05, 0.1) is 18.8 Å². The van der Waals surface area contributed by atoms with Gasteiger partial charge in [0.15, 0.2) is 5.78 Å². The van der Waals surface area contributed by atoms with Gasteiger partial charge in [-0.05, 0) is 50.3 Å². The van der Waals surface area contributed by atoms with Gasteiger partial charge in [0.2, 0.25) is 0 Å². The number of ether oxygens (including phenoxy) is 3. The number of hydrogen-bond acceptors (Lipinski definition) is 6. The van der Waals surface area contributed by atoms with Crippen LogP contribution in [0.5, 0.6) is 5.75 Å². The summed E-state index contributed by atoms with van der Waals surface area (Å²) in [6.07, 6.45) is 3.97. The Morgan fingerprint density at radius 2 is 2.14 bits per heavy atom. The molecular formula is C23H27NO5.